The molecule has 0 radical (unpaired) electrons. The summed E-state index contributed by atoms with van der Waals surface area (Å²) >= 11 is 6.24. The standard InChI is InChI=1S/C25H30ClN3O3/c1-20-7-8-23(26)24(15-20)32-19-25(30)9-3-11-28(18-25)17-21-5-2-6-22(16-21)31-14-13-29-12-4-10-27-29/h2,4-8,10,12,15-16,30H,3,9,11,13-14,17-19H2,1H3/t25-/m1/s1. The first-order valence-electron chi connectivity index (χ1n) is 11.0. The van der Waals surface area contributed by atoms with Crippen molar-refractivity contribution < 1.29 is 14.6 Å². The Balaban J connectivity index is 1.30. The van der Waals surface area contributed by atoms with Crippen molar-refractivity contribution >= 4 is 11.6 Å². The summed E-state index contributed by atoms with van der Waals surface area (Å²) in [5.41, 5.74) is 1.34. The van der Waals surface area contributed by atoms with Crippen molar-refractivity contribution in [2.45, 2.75) is 38.5 Å². The molecule has 2 heterocycles. The Kier molecular flexibility index (Phi) is 7.35. The average molecular weight is 456 g/mol. The second-order valence-corrected chi connectivity index (χ2v) is 8.93. The van der Waals surface area contributed by atoms with Gasteiger partial charge in [-0.1, -0.05) is 29.8 Å². The third-order valence-corrected chi connectivity index (χ3v) is 5.98. The van der Waals surface area contributed by atoms with E-state index >= 15 is 0 Å². The zero-order chi connectivity index (χ0) is 22.4. The Hall–Kier alpha value is -2.54. The van der Waals surface area contributed by atoms with Crippen molar-refractivity contribution in [1.82, 2.24) is 14.7 Å². The summed E-state index contributed by atoms with van der Waals surface area (Å²) in [4.78, 5) is 2.27. The molecule has 2 aromatic carbocycles. The van der Waals surface area contributed by atoms with E-state index in [1.165, 1.54) is 0 Å². The van der Waals surface area contributed by atoms with Gasteiger partial charge < -0.3 is 14.6 Å². The number of benzene rings is 2. The molecule has 0 saturated carbocycles. The highest BCUT2D eigenvalue weighted by Gasteiger charge is 2.34. The molecule has 0 unspecified atom stereocenters. The fraction of sp³-hybridized carbons (Fsp3) is 0.400. The van der Waals surface area contributed by atoms with E-state index in [2.05, 4.69) is 22.1 Å². The molecule has 4 rings (SSSR count). The van der Waals surface area contributed by atoms with Gasteiger partial charge in [-0.25, -0.2) is 0 Å². The van der Waals surface area contributed by atoms with Crippen LogP contribution in [-0.4, -0.2) is 51.7 Å². The van der Waals surface area contributed by atoms with E-state index in [0.29, 0.717) is 36.9 Å². The quantitative estimate of drug-likeness (QED) is 0.520. The van der Waals surface area contributed by atoms with E-state index in [9.17, 15) is 5.11 Å². The summed E-state index contributed by atoms with van der Waals surface area (Å²) < 4.78 is 13.7. The number of halogens is 1. The highest BCUT2D eigenvalue weighted by Crippen LogP contribution is 2.29. The Morgan fingerprint density at radius 2 is 2.06 bits per heavy atom. The van der Waals surface area contributed by atoms with Gasteiger partial charge in [-0.2, -0.15) is 5.10 Å². The first-order chi connectivity index (χ1) is 15.5. The van der Waals surface area contributed by atoms with Gasteiger partial charge in [0.1, 0.15) is 30.3 Å². The predicted octanol–water partition coefficient (Wildman–Crippen LogP) is 4.33. The third kappa shape index (κ3) is 6.25. The van der Waals surface area contributed by atoms with Crippen molar-refractivity contribution in [2.24, 2.45) is 0 Å². The highest BCUT2D eigenvalue weighted by molar-refractivity contribution is 6.32. The molecule has 170 valence electrons. The minimum atomic E-state index is -0.900. The second-order valence-electron chi connectivity index (χ2n) is 8.53. The second kappa shape index (κ2) is 10.4. The first kappa shape index (κ1) is 22.6. The van der Waals surface area contributed by atoms with Crippen LogP contribution in [0, 0.1) is 6.92 Å². The molecule has 7 heteroatoms. The molecule has 3 aromatic rings. The average Bonchev–Trinajstić information content (AvgIpc) is 3.28. The molecule has 1 fully saturated rings. The first-order valence-corrected chi connectivity index (χ1v) is 11.4. The van der Waals surface area contributed by atoms with Crippen molar-refractivity contribution in [1.29, 1.82) is 0 Å². The monoisotopic (exact) mass is 455 g/mol. The van der Waals surface area contributed by atoms with Crippen LogP contribution in [0.2, 0.25) is 5.02 Å². The maximum Gasteiger partial charge on any atom is 0.138 e. The largest absolute Gasteiger partial charge is 0.492 e. The molecule has 0 amide bonds. The van der Waals surface area contributed by atoms with Crippen LogP contribution in [0.3, 0.4) is 0 Å². The van der Waals surface area contributed by atoms with Crippen molar-refractivity contribution in [3.8, 4) is 11.5 Å². The lowest BCUT2D eigenvalue weighted by Crippen LogP contribution is -2.51. The van der Waals surface area contributed by atoms with E-state index < -0.39 is 5.60 Å². The van der Waals surface area contributed by atoms with Crippen LogP contribution in [-0.2, 0) is 13.1 Å². The van der Waals surface area contributed by atoms with Gasteiger partial charge in [-0.05, 0) is 67.8 Å². The third-order valence-electron chi connectivity index (χ3n) is 5.67. The summed E-state index contributed by atoms with van der Waals surface area (Å²) in [7, 11) is 0. The summed E-state index contributed by atoms with van der Waals surface area (Å²) in [6.07, 6.45) is 5.32. The fourth-order valence-corrected chi connectivity index (χ4v) is 4.25. The predicted molar refractivity (Wildman–Crippen MR) is 125 cm³/mol. The van der Waals surface area contributed by atoms with Crippen LogP contribution < -0.4 is 9.47 Å². The van der Waals surface area contributed by atoms with Crippen molar-refractivity contribution in [3.63, 3.8) is 0 Å². The Labute approximate surface area is 194 Å². The van der Waals surface area contributed by atoms with Crippen LogP contribution >= 0.6 is 11.6 Å². The zero-order valence-corrected chi connectivity index (χ0v) is 19.2. The molecular formula is C25H30ClN3O3. The van der Waals surface area contributed by atoms with E-state index in [4.69, 9.17) is 21.1 Å². The highest BCUT2D eigenvalue weighted by atomic mass is 35.5. The van der Waals surface area contributed by atoms with Crippen LogP contribution in [0.5, 0.6) is 11.5 Å². The number of β-amino-alcohol motifs (C(OH)–C–C–N with tert-alkyl or cyclic N) is 1. The molecule has 1 aromatic heterocycles. The molecule has 32 heavy (non-hydrogen) atoms. The molecule has 1 N–H and O–H groups in total. The number of nitrogens with zero attached hydrogens (tertiary/aromatic N) is 3. The molecular weight excluding hydrogens is 426 g/mol. The molecule has 6 nitrogen and oxygen atoms in total. The van der Waals surface area contributed by atoms with Crippen molar-refractivity contribution in [2.75, 3.05) is 26.3 Å². The number of aryl methyl sites for hydroxylation is 1. The SMILES string of the molecule is Cc1ccc(Cl)c(OC[C@@]2(O)CCCN(Cc3cccc(OCCn4cccn4)c3)C2)c1. The van der Waals surface area contributed by atoms with E-state index in [0.717, 1.165) is 36.4 Å². The molecule has 1 atom stereocenters. The van der Waals surface area contributed by atoms with Crippen LogP contribution in [0.4, 0.5) is 0 Å². The molecule has 1 aliphatic heterocycles. The normalized spacial score (nSPS) is 19.1. The maximum atomic E-state index is 11.2. The number of piperidine rings is 1. The summed E-state index contributed by atoms with van der Waals surface area (Å²) in [6, 6.07) is 15.7. The molecule has 0 spiro atoms. The summed E-state index contributed by atoms with van der Waals surface area (Å²) in [5, 5.41) is 15.9. The fourth-order valence-electron chi connectivity index (χ4n) is 4.07. The Morgan fingerprint density at radius 3 is 2.91 bits per heavy atom. The minimum Gasteiger partial charge on any atom is -0.492 e. The number of hydrogen-bond donors (Lipinski definition) is 1. The van der Waals surface area contributed by atoms with Crippen LogP contribution in [0.1, 0.15) is 24.0 Å². The lowest BCUT2D eigenvalue weighted by atomic mass is 9.93. The summed E-state index contributed by atoms with van der Waals surface area (Å²) in [5.74, 6) is 1.47. The lowest BCUT2D eigenvalue weighted by molar-refractivity contribution is -0.0621. The van der Waals surface area contributed by atoms with E-state index in [1.54, 1.807) is 6.20 Å². The number of rotatable bonds is 9. The number of aromatic nitrogens is 2. The smallest absolute Gasteiger partial charge is 0.138 e. The van der Waals surface area contributed by atoms with Gasteiger partial charge in [0, 0.05) is 25.5 Å². The molecule has 0 bridgehead atoms. The Bertz CT molecular complexity index is 1010. The van der Waals surface area contributed by atoms with Gasteiger partial charge in [0.05, 0.1) is 11.6 Å². The number of likely N-dealkylation sites (tertiary alicyclic amines) is 1. The number of aliphatic hydroxyl groups is 1. The van der Waals surface area contributed by atoms with Gasteiger partial charge in [-0.15, -0.1) is 0 Å². The van der Waals surface area contributed by atoms with Gasteiger partial charge in [0.2, 0.25) is 0 Å². The zero-order valence-electron chi connectivity index (χ0n) is 18.4. The van der Waals surface area contributed by atoms with Crippen LogP contribution in [0.25, 0.3) is 0 Å². The van der Waals surface area contributed by atoms with Gasteiger partial charge in [-0.3, -0.25) is 9.58 Å². The van der Waals surface area contributed by atoms with E-state index in [-0.39, 0.29) is 6.61 Å². The molecule has 0 aliphatic carbocycles. The van der Waals surface area contributed by atoms with Crippen LogP contribution in [0.15, 0.2) is 60.9 Å². The molecule has 1 aliphatic rings. The van der Waals surface area contributed by atoms with Gasteiger partial charge in [0.15, 0.2) is 0 Å². The minimum absolute atomic E-state index is 0.225. The van der Waals surface area contributed by atoms with Crippen molar-refractivity contribution in [3.05, 3.63) is 77.1 Å². The number of ether oxygens (including phenoxy) is 2. The summed E-state index contributed by atoms with van der Waals surface area (Å²) in [6.45, 7) is 5.75. The topological polar surface area (TPSA) is 59.8 Å². The molecule has 1 saturated heterocycles. The maximum absolute atomic E-state index is 11.2. The van der Waals surface area contributed by atoms with E-state index in [1.807, 2.05) is 54.2 Å². The number of hydrogen-bond acceptors (Lipinski definition) is 5. The van der Waals surface area contributed by atoms with Gasteiger partial charge in [0.25, 0.3) is 0 Å². The lowest BCUT2D eigenvalue weighted by Gasteiger charge is -2.39. The Morgan fingerprint density at radius 1 is 1.16 bits per heavy atom. The van der Waals surface area contributed by atoms with Gasteiger partial charge >= 0.3 is 0 Å².